The lowest BCUT2D eigenvalue weighted by Crippen LogP contribution is -2.68. The topological polar surface area (TPSA) is 49.3 Å². The summed E-state index contributed by atoms with van der Waals surface area (Å²) in [5.74, 6) is 3.66. The van der Waals surface area contributed by atoms with E-state index in [1.165, 1.54) is 87.5 Å². The van der Waals surface area contributed by atoms with Crippen molar-refractivity contribution in [1.82, 2.24) is 5.32 Å². The van der Waals surface area contributed by atoms with Crippen molar-refractivity contribution < 1.29 is 9.90 Å². The second-order valence-electron chi connectivity index (χ2n) is 17.6. The maximum absolute atomic E-state index is 11.5. The maximum Gasteiger partial charge on any atom is 0.335 e. The van der Waals surface area contributed by atoms with E-state index in [0.29, 0.717) is 33.8 Å². The zero-order chi connectivity index (χ0) is 30.6. The van der Waals surface area contributed by atoms with Crippen LogP contribution in [0.1, 0.15) is 128 Å². The third-order valence-corrected chi connectivity index (χ3v) is 15.5. The van der Waals surface area contributed by atoms with Crippen LogP contribution in [-0.2, 0) is 0 Å². The number of hydrogen-bond acceptors (Lipinski definition) is 2. The predicted octanol–water partition coefficient (Wildman–Crippen LogP) is 9.79. The smallest absolute Gasteiger partial charge is 0.335 e. The molecular formula is C40H57NO2. The average molecular weight is 584 g/mol. The molecule has 3 nitrogen and oxygen atoms in total. The Morgan fingerprint density at radius 3 is 2.26 bits per heavy atom. The summed E-state index contributed by atoms with van der Waals surface area (Å²) in [5, 5.41) is 13.7. The van der Waals surface area contributed by atoms with Gasteiger partial charge in [-0.05, 0) is 165 Å². The molecule has 1 aromatic carbocycles. The molecule has 1 aromatic rings. The van der Waals surface area contributed by atoms with E-state index in [4.69, 9.17) is 0 Å². The lowest BCUT2D eigenvalue weighted by Gasteiger charge is -2.72. The Bertz CT molecular complexity index is 1340. The molecule has 0 bridgehead atoms. The van der Waals surface area contributed by atoms with Crippen LogP contribution in [0, 0.1) is 57.2 Å². The van der Waals surface area contributed by atoms with Crippen LogP contribution in [0.25, 0.3) is 5.57 Å². The van der Waals surface area contributed by atoms with Crippen molar-refractivity contribution in [3.05, 3.63) is 53.6 Å². The van der Waals surface area contributed by atoms with E-state index in [1.807, 2.05) is 12.1 Å². The fourth-order valence-corrected chi connectivity index (χ4v) is 13.0. The van der Waals surface area contributed by atoms with Gasteiger partial charge in [0.25, 0.3) is 0 Å². The number of aromatic carboxylic acids is 1. The highest BCUT2D eigenvalue weighted by atomic mass is 16.4. The molecule has 0 unspecified atom stereocenters. The van der Waals surface area contributed by atoms with Crippen LogP contribution < -0.4 is 5.32 Å². The van der Waals surface area contributed by atoms with Gasteiger partial charge in [0.05, 0.1) is 5.56 Å². The molecule has 0 amide bonds. The minimum absolute atomic E-state index is 0.0573. The van der Waals surface area contributed by atoms with Crippen molar-refractivity contribution in [3.63, 3.8) is 0 Å². The molecule has 234 valence electrons. The molecule has 0 heterocycles. The molecule has 5 saturated carbocycles. The molecule has 5 fully saturated rings. The van der Waals surface area contributed by atoms with E-state index in [0.717, 1.165) is 30.1 Å². The first-order chi connectivity index (χ1) is 20.3. The Morgan fingerprint density at radius 1 is 0.884 bits per heavy atom. The number of benzene rings is 1. The number of carbonyl (C=O) groups is 1. The summed E-state index contributed by atoms with van der Waals surface area (Å²) in [6.07, 6.45) is 17.4. The van der Waals surface area contributed by atoms with Gasteiger partial charge in [0.1, 0.15) is 0 Å². The van der Waals surface area contributed by atoms with Gasteiger partial charge in [-0.15, -0.1) is 0 Å². The molecule has 43 heavy (non-hydrogen) atoms. The zero-order valence-electron chi connectivity index (χ0n) is 27.9. The van der Waals surface area contributed by atoms with Crippen LogP contribution in [0.15, 0.2) is 42.5 Å². The van der Waals surface area contributed by atoms with E-state index in [2.05, 4.69) is 59.5 Å². The van der Waals surface area contributed by atoms with E-state index < -0.39 is 5.97 Å². The molecule has 7 rings (SSSR count). The van der Waals surface area contributed by atoms with Crippen LogP contribution >= 0.6 is 0 Å². The Kier molecular flexibility index (Phi) is 6.81. The summed E-state index contributed by atoms with van der Waals surface area (Å²) in [6, 6.07) is 7.66. The van der Waals surface area contributed by atoms with Crippen molar-refractivity contribution >= 4 is 11.5 Å². The molecule has 0 radical (unpaired) electrons. The molecule has 0 aromatic heterocycles. The number of rotatable bonds is 6. The number of carboxylic acid groups (broad SMARTS) is 1. The van der Waals surface area contributed by atoms with Gasteiger partial charge < -0.3 is 10.4 Å². The van der Waals surface area contributed by atoms with Crippen LogP contribution in [-0.4, -0.2) is 23.2 Å². The van der Waals surface area contributed by atoms with Gasteiger partial charge >= 0.3 is 5.97 Å². The van der Waals surface area contributed by atoms with Crippen molar-refractivity contribution in [1.29, 1.82) is 0 Å². The first-order valence-corrected chi connectivity index (χ1v) is 17.7. The second kappa shape index (κ2) is 9.81. The van der Waals surface area contributed by atoms with Crippen molar-refractivity contribution in [2.24, 2.45) is 57.2 Å². The van der Waals surface area contributed by atoms with Gasteiger partial charge in [0, 0.05) is 5.54 Å². The van der Waals surface area contributed by atoms with E-state index in [1.54, 1.807) is 12.1 Å². The Hall–Kier alpha value is -1.87. The summed E-state index contributed by atoms with van der Waals surface area (Å²) in [6.45, 7) is 21.3. The van der Waals surface area contributed by atoms with Gasteiger partial charge in [0.15, 0.2) is 0 Å². The SMILES string of the molecule is C=C(C)[C@@H]1CC[C@]2(NCC3CC3)CC[C@]3(C)[C@H](CC[C@@H]4[C@@]5(C)CC=C(c6ccc(C(=O)O)cc6)C(C)(C)[C@@H]5CC[C@]43C)[C@@H]12. The molecule has 3 heteroatoms. The lowest BCUT2D eigenvalue weighted by molar-refractivity contribution is -0.219. The molecule has 2 N–H and O–H groups in total. The number of hydrogen-bond donors (Lipinski definition) is 2. The predicted molar refractivity (Wildman–Crippen MR) is 177 cm³/mol. The highest BCUT2D eigenvalue weighted by Gasteiger charge is 2.70. The minimum Gasteiger partial charge on any atom is -0.478 e. The number of fused-ring (bicyclic) bond motifs is 7. The van der Waals surface area contributed by atoms with Gasteiger partial charge in [-0.25, -0.2) is 4.79 Å². The zero-order valence-corrected chi connectivity index (χ0v) is 27.9. The standard InChI is InChI=1S/C40H57NO2/c1-25(2)29-16-21-40(41-24-26-8-9-26)23-22-38(6)31(34(29)40)14-15-33-37(5)19-17-30(27-10-12-28(13-11-27)35(42)43)36(3,4)32(37)18-20-39(33,38)7/h10-13,17,26,29,31-34,41H,1,8-9,14-16,18-24H2,2-7H3,(H,42,43)/t29-,31+,32-,33+,34+,37-,38+,39+,40-/m0/s1. The second-order valence-corrected chi connectivity index (χ2v) is 17.6. The molecular weight excluding hydrogens is 526 g/mol. The lowest BCUT2D eigenvalue weighted by atomic mass is 9.33. The van der Waals surface area contributed by atoms with Crippen molar-refractivity contribution in [3.8, 4) is 0 Å². The van der Waals surface area contributed by atoms with E-state index >= 15 is 0 Å². The summed E-state index contributed by atoms with van der Waals surface area (Å²) < 4.78 is 0. The highest BCUT2D eigenvalue weighted by molar-refractivity contribution is 5.88. The summed E-state index contributed by atoms with van der Waals surface area (Å²) in [4.78, 5) is 11.5. The third-order valence-electron chi connectivity index (χ3n) is 15.5. The Balaban J connectivity index is 1.22. The van der Waals surface area contributed by atoms with E-state index in [9.17, 15) is 9.90 Å². The van der Waals surface area contributed by atoms with Crippen molar-refractivity contribution in [2.75, 3.05) is 6.54 Å². The Labute approximate surface area is 261 Å². The third kappa shape index (κ3) is 4.18. The number of nitrogens with one attached hydrogen (secondary N) is 1. The quantitative estimate of drug-likeness (QED) is 0.328. The first kappa shape index (κ1) is 29.8. The van der Waals surface area contributed by atoms with Crippen LogP contribution in [0.2, 0.25) is 0 Å². The molecule has 6 aliphatic carbocycles. The van der Waals surface area contributed by atoms with Gasteiger partial charge in [0.2, 0.25) is 0 Å². The average Bonchev–Trinajstić information content (AvgIpc) is 3.70. The van der Waals surface area contributed by atoms with Crippen molar-refractivity contribution in [2.45, 2.75) is 118 Å². The fraction of sp³-hybridized carbons (Fsp3) is 0.725. The molecule has 9 atom stereocenters. The first-order valence-electron chi connectivity index (χ1n) is 17.7. The van der Waals surface area contributed by atoms with E-state index in [-0.39, 0.29) is 10.8 Å². The molecule has 0 saturated heterocycles. The van der Waals surface area contributed by atoms with Gasteiger partial charge in [-0.2, -0.15) is 0 Å². The molecule has 6 aliphatic rings. The summed E-state index contributed by atoms with van der Waals surface area (Å²) in [5.41, 5.74) is 5.85. The fourth-order valence-electron chi connectivity index (χ4n) is 13.0. The summed E-state index contributed by atoms with van der Waals surface area (Å²) >= 11 is 0. The summed E-state index contributed by atoms with van der Waals surface area (Å²) in [7, 11) is 0. The molecule has 0 spiro atoms. The molecule has 0 aliphatic heterocycles. The monoisotopic (exact) mass is 583 g/mol. The number of allylic oxidation sites excluding steroid dienone is 3. The van der Waals surface area contributed by atoms with Gasteiger partial charge in [-0.1, -0.05) is 65.0 Å². The maximum atomic E-state index is 11.5. The van der Waals surface area contributed by atoms with Crippen LogP contribution in [0.4, 0.5) is 0 Å². The highest BCUT2D eigenvalue weighted by Crippen LogP contribution is 2.76. The minimum atomic E-state index is -0.850. The Morgan fingerprint density at radius 2 is 1.60 bits per heavy atom. The van der Waals surface area contributed by atoms with Crippen LogP contribution in [0.5, 0.6) is 0 Å². The normalized spacial score (nSPS) is 44.8. The number of carboxylic acids is 1. The van der Waals surface area contributed by atoms with Gasteiger partial charge in [-0.3, -0.25) is 0 Å². The largest absolute Gasteiger partial charge is 0.478 e. The van der Waals surface area contributed by atoms with Crippen LogP contribution in [0.3, 0.4) is 0 Å².